The molecule has 1 aromatic carbocycles. The summed E-state index contributed by atoms with van der Waals surface area (Å²) in [7, 11) is 0. The maximum atomic E-state index is 12.6. The van der Waals surface area contributed by atoms with Gasteiger partial charge in [-0.05, 0) is 47.9 Å². The van der Waals surface area contributed by atoms with Gasteiger partial charge in [0.2, 0.25) is 0 Å². The Morgan fingerprint density at radius 3 is 2.64 bits per heavy atom. The Morgan fingerprint density at radius 1 is 1.21 bits per heavy atom. The lowest BCUT2D eigenvalue weighted by atomic mass is 9.84. The monoisotopic (exact) mass is 532 g/mol. The highest BCUT2D eigenvalue weighted by Gasteiger charge is 2.44. The van der Waals surface area contributed by atoms with Gasteiger partial charge in [0.1, 0.15) is 0 Å². The van der Waals surface area contributed by atoms with Crippen LogP contribution in [0, 0.1) is 12.3 Å². The van der Waals surface area contributed by atoms with Gasteiger partial charge in [-0.2, -0.15) is 4.98 Å². The van der Waals surface area contributed by atoms with Crippen LogP contribution in [-0.4, -0.2) is 62.8 Å². The zero-order valence-electron chi connectivity index (χ0n) is 23.2. The number of aromatic nitrogens is 3. The second-order valence-corrected chi connectivity index (χ2v) is 12.0. The number of amides is 2. The first kappa shape index (κ1) is 26.6. The summed E-state index contributed by atoms with van der Waals surface area (Å²) in [6.07, 6.45) is 4.77. The molecule has 10 nitrogen and oxygen atoms in total. The molecule has 3 aromatic rings. The SMILES string of the molecule is Cc1cc(-c2ccncc2N2CCN(C(=O)O)C(C(C)(C)C)C2)ccc1CNC(=O)c1nc(C2(C)CC2)no1. The van der Waals surface area contributed by atoms with E-state index < -0.39 is 6.09 Å². The number of hydrogen-bond donors (Lipinski definition) is 2. The standard InChI is InChI=1S/C29H36N6O4/c1-18-14-19(6-7-20(18)15-31-24(36)25-32-26(33-39-25)29(5)9-10-29)21-8-11-30-16-22(21)34-12-13-35(27(37)38)23(17-34)28(2,3)4/h6-8,11,14,16,23H,9-10,12-13,15,17H2,1-5H3,(H,31,36)(H,37,38). The number of aryl methyl sites for hydroxylation is 1. The third kappa shape index (κ3) is 5.46. The largest absolute Gasteiger partial charge is 0.465 e. The quantitative estimate of drug-likeness (QED) is 0.471. The summed E-state index contributed by atoms with van der Waals surface area (Å²) >= 11 is 0. The van der Waals surface area contributed by atoms with Crippen LogP contribution in [0.15, 0.2) is 41.2 Å². The van der Waals surface area contributed by atoms with Gasteiger partial charge in [-0.1, -0.05) is 51.1 Å². The summed E-state index contributed by atoms with van der Waals surface area (Å²) in [6.45, 7) is 12.3. The maximum Gasteiger partial charge on any atom is 0.407 e. The minimum atomic E-state index is -0.879. The highest BCUT2D eigenvalue weighted by molar-refractivity contribution is 5.89. The minimum absolute atomic E-state index is 0.00891. The Balaban J connectivity index is 1.31. The van der Waals surface area contributed by atoms with Crippen molar-refractivity contribution in [3.8, 4) is 11.1 Å². The van der Waals surface area contributed by atoms with E-state index in [1.54, 1.807) is 11.1 Å². The molecule has 2 aliphatic rings. The van der Waals surface area contributed by atoms with Crippen LogP contribution in [0.4, 0.5) is 10.5 Å². The van der Waals surface area contributed by atoms with Gasteiger partial charge in [-0.3, -0.25) is 9.78 Å². The fourth-order valence-corrected chi connectivity index (χ4v) is 5.14. The second kappa shape index (κ2) is 9.98. The van der Waals surface area contributed by atoms with Crippen LogP contribution in [0.25, 0.3) is 11.1 Å². The van der Waals surface area contributed by atoms with Crippen molar-refractivity contribution in [2.24, 2.45) is 5.41 Å². The van der Waals surface area contributed by atoms with Crippen molar-refractivity contribution in [3.05, 3.63) is 59.5 Å². The number of anilines is 1. The van der Waals surface area contributed by atoms with Gasteiger partial charge >= 0.3 is 17.9 Å². The Bertz CT molecular complexity index is 1390. The Kier molecular flexibility index (Phi) is 6.82. The lowest BCUT2D eigenvalue weighted by molar-refractivity contribution is 0.0748. The number of hydrogen-bond acceptors (Lipinski definition) is 7. The van der Waals surface area contributed by atoms with Gasteiger partial charge in [0.25, 0.3) is 0 Å². The molecule has 2 N–H and O–H groups in total. The molecule has 1 aliphatic heterocycles. The molecular weight excluding hydrogens is 496 g/mol. The molecule has 1 unspecified atom stereocenters. The normalized spacial score (nSPS) is 18.6. The maximum absolute atomic E-state index is 12.6. The number of pyridine rings is 1. The van der Waals surface area contributed by atoms with Crippen molar-refractivity contribution >= 4 is 17.7 Å². The molecule has 3 heterocycles. The van der Waals surface area contributed by atoms with Crippen molar-refractivity contribution in [2.45, 2.75) is 65.5 Å². The molecule has 1 atom stereocenters. The predicted molar refractivity (Wildman–Crippen MR) is 147 cm³/mol. The van der Waals surface area contributed by atoms with E-state index in [0.29, 0.717) is 32.0 Å². The summed E-state index contributed by atoms with van der Waals surface area (Å²) in [5.74, 6) is 0.205. The van der Waals surface area contributed by atoms with E-state index in [2.05, 4.69) is 59.1 Å². The molecule has 2 amide bonds. The molecular formula is C29H36N6O4. The molecule has 2 aromatic heterocycles. The molecule has 1 saturated heterocycles. The molecule has 5 rings (SSSR count). The summed E-state index contributed by atoms with van der Waals surface area (Å²) in [5.41, 5.74) is 4.81. The third-order valence-electron chi connectivity index (χ3n) is 8.02. The van der Waals surface area contributed by atoms with Crippen LogP contribution in [-0.2, 0) is 12.0 Å². The highest BCUT2D eigenvalue weighted by atomic mass is 16.5. The van der Waals surface area contributed by atoms with Crippen LogP contribution in [0.2, 0.25) is 0 Å². The average molecular weight is 533 g/mol. The molecule has 0 bridgehead atoms. The van der Waals surface area contributed by atoms with Crippen molar-refractivity contribution in [2.75, 3.05) is 24.5 Å². The molecule has 10 heteroatoms. The first-order valence-corrected chi connectivity index (χ1v) is 13.4. The lowest BCUT2D eigenvalue weighted by Crippen LogP contribution is -2.59. The number of rotatable bonds is 6. The second-order valence-electron chi connectivity index (χ2n) is 12.0. The molecule has 206 valence electrons. The number of carbonyl (C=O) groups excluding carboxylic acids is 1. The molecule has 0 radical (unpaired) electrons. The van der Waals surface area contributed by atoms with Crippen molar-refractivity contribution < 1.29 is 19.2 Å². The Labute approximate surface area is 228 Å². The molecule has 39 heavy (non-hydrogen) atoms. The van der Waals surface area contributed by atoms with Gasteiger partial charge in [0, 0.05) is 43.4 Å². The van der Waals surface area contributed by atoms with Crippen molar-refractivity contribution in [1.29, 1.82) is 0 Å². The van der Waals surface area contributed by atoms with E-state index in [4.69, 9.17) is 4.52 Å². The Hall–Kier alpha value is -3.95. The van der Waals surface area contributed by atoms with Gasteiger partial charge < -0.3 is 24.7 Å². The van der Waals surface area contributed by atoms with Gasteiger partial charge in [-0.15, -0.1) is 0 Å². The summed E-state index contributed by atoms with van der Waals surface area (Å²) in [5, 5.41) is 16.6. The number of nitrogens with zero attached hydrogens (tertiary/aromatic N) is 5. The zero-order valence-corrected chi connectivity index (χ0v) is 23.2. The van der Waals surface area contributed by atoms with Crippen LogP contribution in [0.5, 0.6) is 0 Å². The van der Waals surface area contributed by atoms with Crippen molar-refractivity contribution in [3.63, 3.8) is 0 Å². The first-order valence-electron chi connectivity index (χ1n) is 13.4. The highest BCUT2D eigenvalue weighted by Crippen LogP contribution is 2.46. The number of carboxylic acid groups (broad SMARTS) is 1. The van der Waals surface area contributed by atoms with Crippen molar-refractivity contribution in [1.82, 2.24) is 25.3 Å². The molecule has 1 aliphatic carbocycles. The van der Waals surface area contributed by atoms with E-state index in [1.165, 1.54) is 0 Å². The first-order chi connectivity index (χ1) is 18.5. The van der Waals surface area contributed by atoms with E-state index in [9.17, 15) is 14.7 Å². The van der Waals surface area contributed by atoms with E-state index in [1.807, 2.05) is 31.3 Å². The van der Waals surface area contributed by atoms with Gasteiger partial charge in [0.15, 0.2) is 5.82 Å². The summed E-state index contributed by atoms with van der Waals surface area (Å²) in [6, 6.07) is 8.01. The summed E-state index contributed by atoms with van der Waals surface area (Å²) in [4.78, 5) is 37.0. The predicted octanol–water partition coefficient (Wildman–Crippen LogP) is 4.64. The van der Waals surface area contributed by atoms with Crippen LogP contribution in [0.3, 0.4) is 0 Å². The zero-order chi connectivity index (χ0) is 27.9. The number of nitrogens with one attached hydrogen (secondary N) is 1. The van der Waals surface area contributed by atoms with E-state index >= 15 is 0 Å². The topological polar surface area (TPSA) is 125 Å². The van der Waals surface area contributed by atoms with Gasteiger partial charge in [-0.25, -0.2) is 4.79 Å². The Morgan fingerprint density at radius 2 is 1.97 bits per heavy atom. The minimum Gasteiger partial charge on any atom is -0.465 e. The summed E-state index contributed by atoms with van der Waals surface area (Å²) < 4.78 is 5.19. The molecule has 1 saturated carbocycles. The number of piperazine rings is 1. The number of carbonyl (C=O) groups is 2. The molecule has 0 spiro atoms. The van der Waals surface area contributed by atoms with E-state index in [0.717, 1.165) is 40.8 Å². The van der Waals surface area contributed by atoms with Gasteiger partial charge in [0.05, 0.1) is 17.9 Å². The lowest BCUT2D eigenvalue weighted by Gasteiger charge is -2.47. The number of benzene rings is 1. The van der Waals surface area contributed by atoms with Crippen LogP contribution in [0.1, 0.15) is 68.2 Å². The molecule has 2 fully saturated rings. The van der Waals surface area contributed by atoms with Crippen LogP contribution < -0.4 is 10.2 Å². The van der Waals surface area contributed by atoms with Crippen LogP contribution >= 0.6 is 0 Å². The van der Waals surface area contributed by atoms with E-state index in [-0.39, 0.29) is 28.7 Å². The fraction of sp³-hybridized carbons (Fsp3) is 0.483. The smallest absolute Gasteiger partial charge is 0.407 e. The average Bonchev–Trinajstić information content (AvgIpc) is 3.44. The fourth-order valence-electron chi connectivity index (χ4n) is 5.14. The third-order valence-corrected chi connectivity index (χ3v) is 8.02.